The molecular formula is C14H11F3O6S. The zero-order chi connectivity index (χ0) is 18.0. The van der Waals surface area contributed by atoms with E-state index in [0.717, 1.165) is 6.07 Å². The Labute approximate surface area is 134 Å². The lowest BCUT2D eigenvalue weighted by Gasteiger charge is -2.13. The van der Waals surface area contributed by atoms with Crippen LogP contribution in [0.15, 0.2) is 36.4 Å². The molecule has 0 aromatic heterocycles. The van der Waals surface area contributed by atoms with E-state index in [9.17, 15) is 26.4 Å². The maximum atomic E-state index is 12.5. The topological polar surface area (TPSA) is 78.9 Å². The maximum absolute atomic E-state index is 12.5. The van der Waals surface area contributed by atoms with Crippen molar-refractivity contribution in [1.29, 1.82) is 0 Å². The predicted molar refractivity (Wildman–Crippen MR) is 76.8 cm³/mol. The van der Waals surface area contributed by atoms with Crippen LogP contribution in [0.1, 0.15) is 10.4 Å². The molecule has 0 saturated heterocycles. The SMILES string of the molecule is COCOC(=O)c1cc2ccccc2cc1OS(=O)(=O)C(F)(F)F. The molecule has 0 aliphatic rings. The molecule has 24 heavy (non-hydrogen) atoms. The van der Waals surface area contributed by atoms with Gasteiger partial charge in [0.15, 0.2) is 12.5 Å². The van der Waals surface area contributed by atoms with Crippen LogP contribution in [0.25, 0.3) is 10.8 Å². The Morgan fingerprint density at radius 1 is 1.12 bits per heavy atom. The van der Waals surface area contributed by atoms with Crippen molar-refractivity contribution >= 4 is 26.9 Å². The number of benzene rings is 2. The van der Waals surface area contributed by atoms with Gasteiger partial charge in [-0.05, 0) is 22.9 Å². The molecular weight excluding hydrogens is 353 g/mol. The molecule has 0 aliphatic carbocycles. The summed E-state index contributed by atoms with van der Waals surface area (Å²) in [5.74, 6) is -1.87. The van der Waals surface area contributed by atoms with Crippen molar-refractivity contribution in [3.8, 4) is 5.75 Å². The average molecular weight is 364 g/mol. The lowest BCUT2D eigenvalue weighted by atomic mass is 10.1. The molecule has 0 aliphatic heterocycles. The van der Waals surface area contributed by atoms with Crippen molar-refractivity contribution in [3.05, 3.63) is 42.0 Å². The van der Waals surface area contributed by atoms with Crippen molar-refractivity contribution in [2.24, 2.45) is 0 Å². The molecule has 0 atom stereocenters. The third-order valence-corrected chi connectivity index (χ3v) is 3.82. The quantitative estimate of drug-likeness (QED) is 0.351. The number of hydrogen-bond donors (Lipinski definition) is 0. The number of esters is 1. The van der Waals surface area contributed by atoms with Gasteiger partial charge in [-0.3, -0.25) is 0 Å². The fourth-order valence-electron chi connectivity index (χ4n) is 1.80. The van der Waals surface area contributed by atoms with E-state index >= 15 is 0 Å². The first-order valence-electron chi connectivity index (χ1n) is 6.35. The Kier molecular flexibility index (Phi) is 4.99. The van der Waals surface area contributed by atoms with Crippen molar-refractivity contribution in [2.75, 3.05) is 13.9 Å². The molecule has 0 unspecified atom stereocenters. The first-order valence-corrected chi connectivity index (χ1v) is 7.76. The van der Waals surface area contributed by atoms with Crippen molar-refractivity contribution in [2.45, 2.75) is 5.51 Å². The summed E-state index contributed by atoms with van der Waals surface area (Å²) in [5.41, 5.74) is -6.11. The van der Waals surface area contributed by atoms with Gasteiger partial charge in [0.05, 0.1) is 0 Å². The van der Waals surface area contributed by atoms with Crippen LogP contribution in [0.4, 0.5) is 13.2 Å². The standard InChI is InChI=1S/C14H11F3O6S/c1-21-8-22-13(18)11-6-9-4-2-3-5-10(9)7-12(11)23-24(19,20)14(15,16)17/h2-7H,8H2,1H3. The minimum atomic E-state index is -5.93. The summed E-state index contributed by atoms with van der Waals surface area (Å²) in [5, 5.41) is 0.867. The van der Waals surface area contributed by atoms with Crippen LogP contribution in [0.3, 0.4) is 0 Å². The van der Waals surface area contributed by atoms with E-state index in [0.29, 0.717) is 10.8 Å². The molecule has 0 heterocycles. The number of carbonyl (C=O) groups excluding carboxylic acids is 1. The van der Waals surface area contributed by atoms with Crippen molar-refractivity contribution in [1.82, 2.24) is 0 Å². The molecule has 2 aromatic carbocycles. The van der Waals surface area contributed by atoms with Gasteiger partial charge in [0, 0.05) is 7.11 Å². The highest BCUT2D eigenvalue weighted by atomic mass is 32.2. The molecule has 0 spiro atoms. The highest BCUT2D eigenvalue weighted by Gasteiger charge is 2.49. The first kappa shape index (κ1) is 18.0. The van der Waals surface area contributed by atoms with Gasteiger partial charge in [-0.25, -0.2) is 4.79 Å². The van der Waals surface area contributed by atoms with Gasteiger partial charge in [-0.2, -0.15) is 21.6 Å². The van der Waals surface area contributed by atoms with E-state index in [2.05, 4.69) is 13.7 Å². The van der Waals surface area contributed by atoms with Crippen LogP contribution in [-0.4, -0.2) is 33.8 Å². The Morgan fingerprint density at radius 3 is 2.25 bits per heavy atom. The highest BCUT2D eigenvalue weighted by Crippen LogP contribution is 2.32. The van der Waals surface area contributed by atoms with Crippen LogP contribution in [0, 0.1) is 0 Å². The van der Waals surface area contributed by atoms with Gasteiger partial charge in [0.2, 0.25) is 0 Å². The molecule has 0 saturated carbocycles. The zero-order valence-corrected chi connectivity index (χ0v) is 13.0. The number of fused-ring (bicyclic) bond motifs is 1. The number of ether oxygens (including phenoxy) is 2. The summed E-state index contributed by atoms with van der Waals surface area (Å²) in [6.45, 7) is -0.461. The van der Waals surface area contributed by atoms with E-state index < -0.39 is 39.7 Å². The smallest absolute Gasteiger partial charge is 0.435 e. The molecule has 10 heteroatoms. The summed E-state index contributed by atoms with van der Waals surface area (Å²) in [6.07, 6.45) is 0. The van der Waals surface area contributed by atoms with Crippen LogP contribution in [0.5, 0.6) is 5.75 Å². The molecule has 6 nitrogen and oxygen atoms in total. The van der Waals surface area contributed by atoms with E-state index in [1.807, 2.05) is 0 Å². The van der Waals surface area contributed by atoms with Gasteiger partial charge in [-0.15, -0.1) is 0 Å². The highest BCUT2D eigenvalue weighted by molar-refractivity contribution is 7.88. The second-order valence-corrected chi connectivity index (χ2v) is 6.05. The van der Waals surface area contributed by atoms with Gasteiger partial charge in [0.25, 0.3) is 0 Å². The summed E-state index contributed by atoms with van der Waals surface area (Å²) in [4.78, 5) is 11.9. The van der Waals surface area contributed by atoms with Crippen molar-refractivity contribution in [3.63, 3.8) is 0 Å². The largest absolute Gasteiger partial charge is 0.534 e. The molecule has 2 aromatic rings. The molecule has 0 bridgehead atoms. The number of carbonyl (C=O) groups is 1. The number of rotatable bonds is 5. The third kappa shape index (κ3) is 3.77. The molecule has 0 amide bonds. The lowest BCUT2D eigenvalue weighted by Crippen LogP contribution is -2.28. The van der Waals surface area contributed by atoms with Gasteiger partial charge in [-0.1, -0.05) is 24.3 Å². The molecule has 0 fully saturated rings. The second kappa shape index (κ2) is 6.65. The predicted octanol–water partition coefficient (Wildman–Crippen LogP) is 2.83. The Balaban J connectivity index is 2.55. The van der Waals surface area contributed by atoms with Crippen LogP contribution < -0.4 is 4.18 Å². The summed E-state index contributed by atoms with van der Waals surface area (Å²) in [6, 6.07) is 8.53. The number of alkyl halides is 3. The summed E-state index contributed by atoms with van der Waals surface area (Å²) >= 11 is 0. The molecule has 130 valence electrons. The molecule has 2 rings (SSSR count). The Morgan fingerprint density at radius 2 is 1.71 bits per heavy atom. The number of methoxy groups -OCH3 is 1. The Bertz CT molecular complexity index is 860. The number of hydrogen-bond acceptors (Lipinski definition) is 6. The van der Waals surface area contributed by atoms with Crippen molar-refractivity contribution < 1.29 is 40.0 Å². The van der Waals surface area contributed by atoms with E-state index in [1.54, 1.807) is 18.2 Å². The minimum Gasteiger partial charge on any atom is -0.435 e. The minimum absolute atomic E-state index is 0.383. The van der Waals surface area contributed by atoms with Crippen LogP contribution in [0.2, 0.25) is 0 Å². The van der Waals surface area contributed by atoms with Crippen LogP contribution >= 0.6 is 0 Å². The fraction of sp³-hybridized carbons (Fsp3) is 0.214. The van der Waals surface area contributed by atoms with Gasteiger partial charge >= 0.3 is 21.6 Å². The summed E-state index contributed by atoms with van der Waals surface area (Å²) < 4.78 is 73.3. The fourth-order valence-corrected chi connectivity index (χ4v) is 2.27. The number of halogens is 3. The van der Waals surface area contributed by atoms with Crippen LogP contribution in [-0.2, 0) is 19.6 Å². The summed E-state index contributed by atoms with van der Waals surface area (Å²) in [7, 11) is -4.70. The maximum Gasteiger partial charge on any atom is 0.534 e. The average Bonchev–Trinajstić information content (AvgIpc) is 2.50. The van der Waals surface area contributed by atoms with Gasteiger partial charge < -0.3 is 13.7 Å². The normalized spacial score (nSPS) is 12.2. The molecule has 0 radical (unpaired) electrons. The second-order valence-electron chi connectivity index (χ2n) is 4.52. The van der Waals surface area contributed by atoms with E-state index in [1.165, 1.54) is 19.2 Å². The molecule has 0 N–H and O–H groups in total. The lowest BCUT2D eigenvalue weighted by molar-refractivity contribution is -0.0501. The monoisotopic (exact) mass is 364 g/mol. The van der Waals surface area contributed by atoms with Gasteiger partial charge in [0.1, 0.15) is 5.56 Å². The zero-order valence-electron chi connectivity index (χ0n) is 12.2. The first-order chi connectivity index (χ1) is 11.2. The van der Waals surface area contributed by atoms with E-state index in [4.69, 9.17) is 0 Å². The Hall–Kier alpha value is -2.33. The third-order valence-electron chi connectivity index (χ3n) is 2.86. The van der Waals surface area contributed by atoms with E-state index in [-0.39, 0.29) is 0 Å².